The highest BCUT2D eigenvalue weighted by Crippen LogP contribution is 2.17. The normalized spacial score (nSPS) is 22.9. The van der Waals surface area contributed by atoms with E-state index < -0.39 is 5.54 Å². The van der Waals surface area contributed by atoms with Crippen LogP contribution in [0, 0.1) is 0 Å². The lowest BCUT2D eigenvalue weighted by molar-refractivity contribution is -0.149. The Hall–Kier alpha value is -0.650. The second-order valence-electron chi connectivity index (χ2n) is 5.19. The molecule has 0 bridgehead atoms. The molecule has 2 unspecified atom stereocenters. The Labute approximate surface area is 110 Å². The molecule has 18 heavy (non-hydrogen) atoms. The van der Waals surface area contributed by atoms with Crippen molar-refractivity contribution in [1.29, 1.82) is 0 Å². The van der Waals surface area contributed by atoms with Crippen LogP contribution in [0.15, 0.2) is 0 Å². The molecule has 0 aromatic carbocycles. The summed E-state index contributed by atoms with van der Waals surface area (Å²) in [5, 5.41) is 0. The van der Waals surface area contributed by atoms with E-state index in [2.05, 4.69) is 11.8 Å². The lowest BCUT2D eigenvalue weighted by Gasteiger charge is -2.32. The van der Waals surface area contributed by atoms with Crippen LogP contribution in [0.25, 0.3) is 0 Å². The van der Waals surface area contributed by atoms with Crippen LogP contribution < -0.4 is 5.73 Å². The van der Waals surface area contributed by atoms with Gasteiger partial charge in [0.2, 0.25) is 0 Å². The molecule has 106 valence electrons. The molecule has 5 nitrogen and oxygen atoms in total. The Morgan fingerprint density at radius 1 is 1.50 bits per heavy atom. The van der Waals surface area contributed by atoms with Crippen LogP contribution in [0.1, 0.15) is 33.6 Å². The fraction of sp³-hybridized carbons (Fsp3) is 0.923. The molecular weight excluding hydrogens is 232 g/mol. The van der Waals surface area contributed by atoms with E-state index in [4.69, 9.17) is 15.2 Å². The lowest BCUT2D eigenvalue weighted by atomic mass is 9.94. The molecule has 5 heteroatoms. The summed E-state index contributed by atoms with van der Waals surface area (Å²) in [5.41, 5.74) is 5.15. The van der Waals surface area contributed by atoms with Crippen molar-refractivity contribution in [3.63, 3.8) is 0 Å². The maximum atomic E-state index is 11.8. The number of hydrogen-bond acceptors (Lipinski definition) is 5. The third-order valence-electron chi connectivity index (χ3n) is 3.34. The molecule has 0 aromatic heterocycles. The molecule has 1 saturated heterocycles. The number of carbonyl (C=O) groups excluding carboxylic acids is 1. The maximum Gasteiger partial charge on any atom is 0.325 e. The number of rotatable bonds is 5. The largest absolute Gasteiger partial charge is 0.465 e. The molecule has 0 saturated carbocycles. The van der Waals surface area contributed by atoms with Gasteiger partial charge in [0.1, 0.15) is 5.54 Å². The van der Waals surface area contributed by atoms with E-state index in [-0.39, 0.29) is 12.0 Å². The van der Waals surface area contributed by atoms with Gasteiger partial charge >= 0.3 is 5.97 Å². The van der Waals surface area contributed by atoms with Gasteiger partial charge < -0.3 is 15.2 Å². The highest BCUT2D eigenvalue weighted by Gasteiger charge is 2.33. The summed E-state index contributed by atoms with van der Waals surface area (Å²) in [7, 11) is 0. The predicted molar refractivity (Wildman–Crippen MR) is 70.3 cm³/mol. The highest BCUT2D eigenvalue weighted by atomic mass is 16.5. The molecule has 1 aliphatic heterocycles. The number of esters is 1. The molecule has 0 aliphatic carbocycles. The summed E-state index contributed by atoms with van der Waals surface area (Å²) in [6.07, 6.45) is 1.64. The fourth-order valence-electron chi connectivity index (χ4n) is 2.33. The third-order valence-corrected chi connectivity index (χ3v) is 3.34. The van der Waals surface area contributed by atoms with Gasteiger partial charge in [-0.3, -0.25) is 9.69 Å². The van der Waals surface area contributed by atoms with Crippen LogP contribution in [-0.2, 0) is 14.3 Å². The van der Waals surface area contributed by atoms with E-state index in [1.54, 1.807) is 13.8 Å². The minimum absolute atomic E-state index is 0.256. The van der Waals surface area contributed by atoms with Crippen LogP contribution in [0.3, 0.4) is 0 Å². The van der Waals surface area contributed by atoms with Crippen LogP contribution in [0.5, 0.6) is 0 Å². The van der Waals surface area contributed by atoms with Crippen LogP contribution in [-0.4, -0.2) is 55.4 Å². The Balaban J connectivity index is 2.50. The van der Waals surface area contributed by atoms with E-state index >= 15 is 0 Å². The highest BCUT2D eigenvalue weighted by molar-refractivity contribution is 5.80. The second kappa shape index (κ2) is 7.07. The Morgan fingerprint density at radius 2 is 2.22 bits per heavy atom. The molecule has 2 atom stereocenters. The number of nitrogens with two attached hydrogens (primary N) is 1. The standard InChI is InChI=1S/C13H26N2O3/c1-4-18-12(16)13(3,14)10-11(2)15-6-5-8-17-9-7-15/h11H,4-10,14H2,1-3H3. The molecule has 1 aliphatic rings. The van der Waals surface area contributed by atoms with E-state index in [0.29, 0.717) is 13.0 Å². The minimum atomic E-state index is -0.914. The Morgan fingerprint density at radius 3 is 2.89 bits per heavy atom. The van der Waals surface area contributed by atoms with Gasteiger partial charge in [0.05, 0.1) is 13.2 Å². The summed E-state index contributed by atoms with van der Waals surface area (Å²) in [4.78, 5) is 14.1. The second-order valence-corrected chi connectivity index (χ2v) is 5.19. The number of ether oxygens (including phenoxy) is 2. The zero-order chi connectivity index (χ0) is 13.6. The molecule has 0 radical (unpaired) electrons. The van der Waals surface area contributed by atoms with Crippen molar-refractivity contribution in [3.8, 4) is 0 Å². The average molecular weight is 258 g/mol. The van der Waals surface area contributed by atoms with Gasteiger partial charge in [-0.25, -0.2) is 0 Å². The van der Waals surface area contributed by atoms with Crippen molar-refractivity contribution in [1.82, 2.24) is 4.90 Å². The van der Waals surface area contributed by atoms with Crippen LogP contribution in [0.2, 0.25) is 0 Å². The smallest absolute Gasteiger partial charge is 0.325 e. The SMILES string of the molecule is CCOC(=O)C(C)(N)CC(C)N1CCCOCC1. The van der Waals surface area contributed by atoms with E-state index in [1.165, 1.54) is 0 Å². The third kappa shape index (κ3) is 4.55. The molecule has 0 spiro atoms. The van der Waals surface area contributed by atoms with E-state index in [0.717, 1.165) is 32.7 Å². The van der Waals surface area contributed by atoms with Gasteiger partial charge in [-0.2, -0.15) is 0 Å². The van der Waals surface area contributed by atoms with Gasteiger partial charge in [-0.1, -0.05) is 0 Å². The van der Waals surface area contributed by atoms with Crippen molar-refractivity contribution in [2.45, 2.75) is 45.2 Å². The van der Waals surface area contributed by atoms with E-state index in [9.17, 15) is 4.79 Å². The van der Waals surface area contributed by atoms with Gasteiger partial charge in [0.15, 0.2) is 0 Å². The maximum absolute atomic E-state index is 11.8. The zero-order valence-corrected chi connectivity index (χ0v) is 11.8. The van der Waals surface area contributed by atoms with Crippen LogP contribution >= 0.6 is 0 Å². The van der Waals surface area contributed by atoms with Gasteiger partial charge in [-0.15, -0.1) is 0 Å². The van der Waals surface area contributed by atoms with Crippen LogP contribution in [0.4, 0.5) is 0 Å². The van der Waals surface area contributed by atoms with Crippen molar-refractivity contribution in [3.05, 3.63) is 0 Å². The first kappa shape index (κ1) is 15.4. The van der Waals surface area contributed by atoms with Gasteiger partial charge in [0.25, 0.3) is 0 Å². The van der Waals surface area contributed by atoms with E-state index in [1.807, 2.05) is 0 Å². The summed E-state index contributed by atoms with van der Waals surface area (Å²) < 4.78 is 10.4. The molecular formula is C13H26N2O3. The molecule has 1 rings (SSSR count). The van der Waals surface area contributed by atoms with Crippen molar-refractivity contribution < 1.29 is 14.3 Å². The average Bonchev–Trinajstić information content (AvgIpc) is 2.57. The molecule has 1 heterocycles. The first-order valence-electron chi connectivity index (χ1n) is 6.75. The number of hydrogen-bond donors (Lipinski definition) is 1. The molecule has 1 fully saturated rings. The first-order chi connectivity index (χ1) is 8.47. The number of nitrogens with zero attached hydrogens (tertiary/aromatic N) is 1. The fourth-order valence-corrected chi connectivity index (χ4v) is 2.33. The zero-order valence-electron chi connectivity index (χ0n) is 11.8. The number of carbonyl (C=O) groups is 1. The topological polar surface area (TPSA) is 64.8 Å². The minimum Gasteiger partial charge on any atom is -0.465 e. The summed E-state index contributed by atoms with van der Waals surface area (Å²) in [6.45, 7) is 9.50. The molecule has 0 aromatic rings. The van der Waals surface area contributed by atoms with Gasteiger partial charge in [0, 0.05) is 25.7 Å². The van der Waals surface area contributed by atoms with Crippen molar-refractivity contribution in [2.75, 3.05) is 32.9 Å². The molecule has 2 N–H and O–H groups in total. The summed E-state index contributed by atoms with van der Waals surface area (Å²) in [5.74, 6) is -0.317. The van der Waals surface area contributed by atoms with Crippen molar-refractivity contribution >= 4 is 5.97 Å². The predicted octanol–water partition coefficient (Wildman–Crippen LogP) is 0.768. The Bertz CT molecular complexity index is 261. The summed E-state index contributed by atoms with van der Waals surface area (Å²) in [6, 6.07) is 0.256. The van der Waals surface area contributed by atoms with Crippen molar-refractivity contribution in [2.24, 2.45) is 5.73 Å². The summed E-state index contributed by atoms with van der Waals surface area (Å²) >= 11 is 0. The Kier molecular flexibility index (Phi) is 6.05. The lowest BCUT2D eigenvalue weighted by Crippen LogP contribution is -2.51. The monoisotopic (exact) mass is 258 g/mol. The quantitative estimate of drug-likeness (QED) is 0.738. The first-order valence-corrected chi connectivity index (χ1v) is 6.75. The van der Waals surface area contributed by atoms with Gasteiger partial charge in [-0.05, 0) is 33.6 Å². The molecule has 0 amide bonds.